The minimum atomic E-state index is 0.487. The first-order valence-corrected chi connectivity index (χ1v) is 7.31. The molecule has 0 fully saturated rings. The molecule has 1 N–H and O–H groups in total. The lowest BCUT2D eigenvalue weighted by Gasteiger charge is -2.16. The van der Waals surface area contributed by atoms with Crippen molar-refractivity contribution in [2.24, 2.45) is 0 Å². The Kier molecular flexibility index (Phi) is 7.03. The molecular formula is C15H24ClNO2. The highest BCUT2D eigenvalue weighted by molar-refractivity contribution is 6.32. The molecule has 1 rings (SSSR count). The molecule has 0 amide bonds. The van der Waals surface area contributed by atoms with Crippen LogP contribution in [0.15, 0.2) is 12.1 Å². The monoisotopic (exact) mass is 285 g/mol. The van der Waals surface area contributed by atoms with Gasteiger partial charge >= 0.3 is 0 Å². The normalized spacial score (nSPS) is 12.3. The van der Waals surface area contributed by atoms with E-state index in [0.29, 0.717) is 30.0 Å². The number of hydrogen-bond acceptors (Lipinski definition) is 3. The molecule has 0 heterocycles. The maximum atomic E-state index is 6.27. The van der Waals surface area contributed by atoms with Crippen LogP contribution < -0.4 is 14.8 Å². The molecule has 1 atom stereocenters. The summed E-state index contributed by atoms with van der Waals surface area (Å²) in [4.78, 5) is 0. The summed E-state index contributed by atoms with van der Waals surface area (Å²) in [6.45, 7) is 10.2. The molecule has 1 unspecified atom stereocenters. The van der Waals surface area contributed by atoms with E-state index in [1.165, 1.54) is 0 Å². The largest absolute Gasteiger partial charge is 0.490 e. The predicted octanol–water partition coefficient (Wildman–Crippen LogP) is 4.03. The van der Waals surface area contributed by atoms with E-state index in [1.807, 2.05) is 26.0 Å². The van der Waals surface area contributed by atoms with Crippen LogP contribution in [0.4, 0.5) is 0 Å². The van der Waals surface area contributed by atoms with Gasteiger partial charge in [0.25, 0.3) is 0 Å². The Morgan fingerprint density at radius 2 is 1.84 bits per heavy atom. The standard InChI is InChI=1S/C15H24ClNO2/c1-5-11(4)17-10-12-8-13(16)15(19-7-3)14(9-12)18-6-2/h8-9,11,17H,5-7,10H2,1-4H3. The van der Waals surface area contributed by atoms with Crippen molar-refractivity contribution >= 4 is 11.6 Å². The number of halogens is 1. The van der Waals surface area contributed by atoms with Crippen molar-refractivity contribution in [1.82, 2.24) is 5.32 Å². The quantitative estimate of drug-likeness (QED) is 0.782. The molecule has 3 nitrogen and oxygen atoms in total. The third-order valence-corrected chi connectivity index (χ3v) is 3.21. The van der Waals surface area contributed by atoms with E-state index in [4.69, 9.17) is 21.1 Å². The molecule has 0 aliphatic heterocycles. The molecule has 0 saturated carbocycles. The summed E-state index contributed by atoms with van der Waals surface area (Å²) >= 11 is 6.27. The molecule has 19 heavy (non-hydrogen) atoms. The van der Waals surface area contributed by atoms with E-state index >= 15 is 0 Å². The molecule has 1 aromatic carbocycles. The van der Waals surface area contributed by atoms with E-state index < -0.39 is 0 Å². The van der Waals surface area contributed by atoms with Gasteiger partial charge in [-0.15, -0.1) is 0 Å². The number of ether oxygens (including phenoxy) is 2. The van der Waals surface area contributed by atoms with Crippen LogP contribution in [0.2, 0.25) is 5.02 Å². The Bertz CT molecular complexity index is 396. The Hall–Kier alpha value is -0.930. The van der Waals surface area contributed by atoms with Crippen molar-refractivity contribution in [3.05, 3.63) is 22.7 Å². The summed E-state index contributed by atoms with van der Waals surface area (Å²) in [5.41, 5.74) is 1.11. The maximum Gasteiger partial charge on any atom is 0.179 e. The van der Waals surface area contributed by atoms with Crippen molar-refractivity contribution < 1.29 is 9.47 Å². The minimum Gasteiger partial charge on any atom is -0.490 e. The third-order valence-electron chi connectivity index (χ3n) is 2.92. The van der Waals surface area contributed by atoms with E-state index in [1.54, 1.807) is 0 Å². The molecule has 108 valence electrons. The van der Waals surface area contributed by atoms with Gasteiger partial charge in [-0.1, -0.05) is 18.5 Å². The number of benzene rings is 1. The second-order valence-electron chi connectivity index (χ2n) is 4.46. The summed E-state index contributed by atoms with van der Waals surface area (Å²) in [5, 5.41) is 4.05. The Labute approximate surface area is 121 Å². The fraction of sp³-hybridized carbons (Fsp3) is 0.600. The summed E-state index contributed by atoms with van der Waals surface area (Å²) in [6, 6.07) is 4.42. The summed E-state index contributed by atoms with van der Waals surface area (Å²) in [7, 11) is 0. The Morgan fingerprint density at radius 3 is 2.42 bits per heavy atom. The van der Waals surface area contributed by atoms with Gasteiger partial charge in [-0.3, -0.25) is 0 Å². The van der Waals surface area contributed by atoms with Gasteiger partial charge in [0, 0.05) is 12.6 Å². The molecule has 1 aromatic rings. The molecule has 0 bridgehead atoms. The predicted molar refractivity (Wildman–Crippen MR) is 80.4 cm³/mol. The van der Waals surface area contributed by atoms with Crippen molar-refractivity contribution in [1.29, 1.82) is 0 Å². The molecule has 4 heteroatoms. The smallest absolute Gasteiger partial charge is 0.179 e. The van der Waals surface area contributed by atoms with Crippen LogP contribution in [0.25, 0.3) is 0 Å². The summed E-state index contributed by atoms with van der Waals surface area (Å²) in [5.74, 6) is 1.36. The zero-order valence-corrected chi connectivity index (χ0v) is 13.0. The Morgan fingerprint density at radius 1 is 1.16 bits per heavy atom. The summed E-state index contributed by atoms with van der Waals surface area (Å²) in [6.07, 6.45) is 1.10. The van der Waals surface area contributed by atoms with E-state index in [2.05, 4.69) is 19.2 Å². The number of rotatable bonds is 8. The lowest BCUT2D eigenvalue weighted by Crippen LogP contribution is -2.24. The lowest BCUT2D eigenvalue weighted by molar-refractivity contribution is 0.287. The average Bonchev–Trinajstić information content (AvgIpc) is 2.40. The molecule has 0 saturated heterocycles. The van der Waals surface area contributed by atoms with Crippen LogP contribution in [0.5, 0.6) is 11.5 Å². The average molecular weight is 286 g/mol. The SMILES string of the molecule is CCOc1cc(CNC(C)CC)cc(Cl)c1OCC. The first-order valence-electron chi connectivity index (χ1n) is 6.93. The highest BCUT2D eigenvalue weighted by atomic mass is 35.5. The first-order chi connectivity index (χ1) is 9.12. The molecule has 0 aliphatic rings. The van der Waals surface area contributed by atoms with E-state index in [9.17, 15) is 0 Å². The highest BCUT2D eigenvalue weighted by Gasteiger charge is 2.12. The molecule has 0 spiro atoms. The van der Waals surface area contributed by atoms with Gasteiger partial charge in [-0.2, -0.15) is 0 Å². The second-order valence-corrected chi connectivity index (χ2v) is 4.87. The van der Waals surface area contributed by atoms with Gasteiger partial charge in [-0.25, -0.2) is 0 Å². The van der Waals surface area contributed by atoms with Crippen molar-refractivity contribution in [2.45, 2.75) is 46.7 Å². The molecule has 0 aromatic heterocycles. The maximum absolute atomic E-state index is 6.27. The van der Waals surface area contributed by atoms with Gasteiger partial charge in [0.1, 0.15) is 0 Å². The number of nitrogens with one attached hydrogen (secondary N) is 1. The van der Waals surface area contributed by atoms with Gasteiger partial charge in [0.2, 0.25) is 0 Å². The second kappa shape index (κ2) is 8.28. The van der Waals surface area contributed by atoms with Crippen LogP contribution in [0, 0.1) is 0 Å². The van der Waals surface area contributed by atoms with Crippen LogP contribution in [-0.2, 0) is 6.54 Å². The van der Waals surface area contributed by atoms with Crippen molar-refractivity contribution in [3.63, 3.8) is 0 Å². The summed E-state index contributed by atoms with van der Waals surface area (Å²) < 4.78 is 11.2. The van der Waals surface area contributed by atoms with Gasteiger partial charge in [-0.05, 0) is 44.9 Å². The van der Waals surface area contributed by atoms with Crippen LogP contribution in [0.1, 0.15) is 39.7 Å². The van der Waals surface area contributed by atoms with E-state index in [-0.39, 0.29) is 0 Å². The van der Waals surface area contributed by atoms with E-state index in [0.717, 1.165) is 24.3 Å². The first kappa shape index (κ1) is 16.1. The fourth-order valence-electron chi connectivity index (χ4n) is 1.71. The van der Waals surface area contributed by atoms with Crippen molar-refractivity contribution in [2.75, 3.05) is 13.2 Å². The molecular weight excluding hydrogens is 262 g/mol. The van der Waals surface area contributed by atoms with Gasteiger partial charge in [0.05, 0.1) is 18.2 Å². The van der Waals surface area contributed by atoms with Crippen molar-refractivity contribution in [3.8, 4) is 11.5 Å². The third kappa shape index (κ3) is 4.92. The molecule has 0 aliphatic carbocycles. The fourth-order valence-corrected chi connectivity index (χ4v) is 2.00. The zero-order chi connectivity index (χ0) is 14.3. The highest BCUT2D eigenvalue weighted by Crippen LogP contribution is 2.36. The number of hydrogen-bond donors (Lipinski definition) is 1. The topological polar surface area (TPSA) is 30.5 Å². The molecule has 0 radical (unpaired) electrons. The van der Waals surface area contributed by atoms with Crippen LogP contribution in [0.3, 0.4) is 0 Å². The zero-order valence-electron chi connectivity index (χ0n) is 12.3. The Balaban J connectivity index is 2.89. The lowest BCUT2D eigenvalue weighted by atomic mass is 10.1. The van der Waals surface area contributed by atoms with Gasteiger partial charge in [0.15, 0.2) is 11.5 Å². The minimum absolute atomic E-state index is 0.487. The van der Waals surface area contributed by atoms with Crippen LogP contribution >= 0.6 is 11.6 Å². The van der Waals surface area contributed by atoms with Crippen LogP contribution in [-0.4, -0.2) is 19.3 Å². The van der Waals surface area contributed by atoms with Gasteiger partial charge < -0.3 is 14.8 Å².